The molecule has 106 valence electrons. The normalized spacial score (nSPS) is 11.4. The van der Waals surface area contributed by atoms with Gasteiger partial charge in [-0.1, -0.05) is 18.2 Å². The quantitative estimate of drug-likeness (QED) is 0.576. The first-order chi connectivity index (χ1) is 8.90. The predicted octanol–water partition coefficient (Wildman–Crippen LogP) is -0.186. The summed E-state index contributed by atoms with van der Waals surface area (Å²) in [5.41, 5.74) is 6.61. The zero-order valence-electron chi connectivity index (χ0n) is 10.8. The second-order valence-electron chi connectivity index (χ2n) is 4.22. The third-order valence-electron chi connectivity index (χ3n) is 2.49. The third kappa shape index (κ3) is 6.32. The van der Waals surface area contributed by atoms with Crippen LogP contribution in [0.3, 0.4) is 0 Å². The number of hydrogen-bond donors (Lipinski definition) is 3. The molecule has 1 amide bonds. The number of amides is 1. The Balaban J connectivity index is 2.32. The summed E-state index contributed by atoms with van der Waals surface area (Å²) in [4.78, 5) is 11.2. The molecule has 0 atom stereocenters. The highest BCUT2D eigenvalue weighted by molar-refractivity contribution is 7.88. The summed E-state index contributed by atoms with van der Waals surface area (Å²) < 4.78 is 24.1. The van der Waals surface area contributed by atoms with E-state index in [-0.39, 0.29) is 0 Å². The molecule has 0 aromatic heterocycles. The smallest absolute Gasteiger partial charge is 0.249 e. The lowest BCUT2D eigenvalue weighted by molar-refractivity contribution is 0.0999. The first-order valence-corrected chi connectivity index (χ1v) is 7.82. The predicted molar refractivity (Wildman–Crippen MR) is 74.1 cm³/mol. The van der Waals surface area contributed by atoms with Gasteiger partial charge in [-0.15, -0.1) is 0 Å². The molecule has 0 saturated carbocycles. The van der Waals surface area contributed by atoms with E-state index in [4.69, 9.17) is 5.73 Å². The molecule has 7 heteroatoms. The first kappa shape index (κ1) is 15.6. The molecule has 0 aliphatic carbocycles. The molecular weight excluding hydrogens is 266 g/mol. The molecule has 1 rings (SSSR count). The molecule has 19 heavy (non-hydrogen) atoms. The van der Waals surface area contributed by atoms with Gasteiger partial charge >= 0.3 is 0 Å². The lowest BCUT2D eigenvalue weighted by Crippen LogP contribution is -2.26. The fraction of sp³-hybridized carbons (Fsp3) is 0.417. The van der Waals surface area contributed by atoms with E-state index in [9.17, 15) is 13.2 Å². The van der Waals surface area contributed by atoms with Gasteiger partial charge in [0.05, 0.1) is 6.26 Å². The molecule has 0 aliphatic heterocycles. The van der Waals surface area contributed by atoms with E-state index in [0.717, 1.165) is 11.8 Å². The largest absolute Gasteiger partial charge is 0.366 e. The molecule has 4 N–H and O–H groups in total. The first-order valence-electron chi connectivity index (χ1n) is 5.93. The van der Waals surface area contributed by atoms with Gasteiger partial charge in [-0.3, -0.25) is 4.79 Å². The zero-order chi connectivity index (χ0) is 14.3. The summed E-state index contributed by atoms with van der Waals surface area (Å²) in [6.45, 7) is 1.57. The minimum absolute atomic E-state index is 0.392. The van der Waals surface area contributed by atoms with Crippen molar-refractivity contribution in [1.82, 2.24) is 10.0 Å². The van der Waals surface area contributed by atoms with Crippen molar-refractivity contribution in [2.45, 2.75) is 13.0 Å². The van der Waals surface area contributed by atoms with Crippen molar-refractivity contribution in [1.29, 1.82) is 0 Å². The average molecular weight is 285 g/mol. The number of nitrogens with one attached hydrogen (secondary N) is 2. The summed E-state index contributed by atoms with van der Waals surface area (Å²) >= 11 is 0. The second kappa shape index (κ2) is 7.22. The minimum Gasteiger partial charge on any atom is -0.366 e. The van der Waals surface area contributed by atoms with Crippen LogP contribution in [0.5, 0.6) is 0 Å². The van der Waals surface area contributed by atoms with Crippen molar-refractivity contribution in [3.05, 3.63) is 35.4 Å². The molecule has 1 aromatic carbocycles. The van der Waals surface area contributed by atoms with Crippen LogP contribution in [0.2, 0.25) is 0 Å². The van der Waals surface area contributed by atoms with E-state index in [2.05, 4.69) is 10.0 Å². The van der Waals surface area contributed by atoms with Crippen LogP contribution in [0.1, 0.15) is 22.3 Å². The summed E-state index contributed by atoms with van der Waals surface area (Å²) in [6.07, 6.45) is 1.80. The molecule has 0 saturated heterocycles. The minimum atomic E-state index is -3.12. The van der Waals surface area contributed by atoms with Crippen LogP contribution in [0.25, 0.3) is 0 Å². The molecule has 6 nitrogen and oxygen atoms in total. The number of carbonyl (C=O) groups excluding carboxylic acids is 1. The van der Waals surface area contributed by atoms with Crippen molar-refractivity contribution in [2.24, 2.45) is 5.73 Å². The van der Waals surface area contributed by atoms with Crippen LogP contribution in [0.15, 0.2) is 24.3 Å². The van der Waals surface area contributed by atoms with Gasteiger partial charge in [-0.05, 0) is 24.6 Å². The topological polar surface area (TPSA) is 101 Å². The third-order valence-corrected chi connectivity index (χ3v) is 3.22. The van der Waals surface area contributed by atoms with Crippen LogP contribution in [-0.2, 0) is 16.6 Å². The van der Waals surface area contributed by atoms with Gasteiger partial charge in [0.15, 0.2) is 0 Å². The van der Waals surface area contributed by atoms with E-state index in [1.807, 2.05) is 12.1 Å². The Kier molecular flexibility index (Phi) is 5.94. The number of sulfonamides is 1. The Morgan fingerprint density at radius 1 is 1.26 bits per heavy atom. The van der Waals surface area contributed by atoms with Crippen LogP contribution >= 0.6 is 0 Å². The molecule has 0 radical (unpaired) electrons. The second-order valence-corrected chi connectivity index (χ2v) is 6.05. The summed E-state index contributed by atoms with van der Waals surface area (Å²) in [7, 11) is -3.12. The Morgan fingerprint density at radius 3 is 2.58 bits per heavy atom. The number of benzene rings is 1. The molecule has 0 fully saturated rings. The van der Waals surface area contributed by atoms with Crippen LogP contribution in [0, 0.1) is 0 Å². The molecule has 0 aliphatic rings. The number of rotatable bonds is 8. The monoisotopic (exact) mass is 285 g/mol. The number of hydrogen-bond acceptors (Lipinski definition) is 4. The van der Waals surface area contributed by atoms with E-state index < -0.39 is 15.9 Å². The van der Waals surface area contributed by atoms with Crippen molar-refractivity contribution >= 4 is 15.9 Å². The maximum Gasteiger partial charge on any atom is 0.249 e. The van der Waals surface area contributed by atoms with Crippen molar-refractivity contribution in [2.75, 3.05) is 19.3 Å². The van der Waals surface area contributed by atoms with Crippen LogP contribution < -0.4 is 15.8 Å². The van der Waals surface area contributed by atoms with Gasteiger partial charge in [-0.2, -0.15) is 0 Å². The maximum absolute atomic E-state index is 11.2. The van der Waals surface area contributed by atoms with E-state index in [1.165, 1.54) is 0 Å². The fourth-order valence-electron chi connectivity index (χ4n) is 1.61. The lowest BCUT2D eigenvalue weighted by atomic mass is 10.1. The summed E-state index contributed by atoms with van der Waals surface area (Å²) in [5, 5.41) is 3.14. The molecule has 1 aromatic rings. The SMILES string of the molecule is CS(=O)(=O)NCCCNCc1ccccc1C(N)=O. The Bertz CT molecular complexity index is 529. The van der Waals surface area contributed by atoms with E-state index in [1.54, 1.807) is 12.1 Å². The van der Waals surface area contributed by atoms with E-state index >= 15 is 0 Å². The van der Waals surface area contributed by atoms with Crippen molar-refractivity contribution < 1.29 is 13.2 Å². The number of nitrogens with two attached hydrogens (primary N) is 1. The van der Waals surface area contributed by atoms with Gasteiger partial charge in [0, 0.05) is 18.7 Å². The van der Waals surface area contributed by atoms with Gasteiger partial charge in [0.25, 0.3) is 0 Å². The Morgan fingerprint density at radius 2 is 1.95 bits per heavy atom. The standard InChI is InChI=1S/C12H19N3O3S/c1-19(17,18)15-8-4-7-14-9-10-5-2-3-6-11(10)12(13)16/h2-3,5-6,14-15H,4,7-9H2,1H3,(H2,13,16). The highest BCUT2D eigenvalue weighted by Crippen LogP contribution is 2.07. The Labute approximate surface area is 113 Å². The van der Waals surface area contributed by atoms with Gasteiger partial charge in [0.1, 0.15) is 0 Å². The number of carbonyl (C=O) groups is 1. The van der Waals surface area contributed by atoms with Gasteiger partial charge in [0.2, 0.25) is 15.9 Å². The van der Waals surface area contributed by atoms with Crippen molar-refractivity contribution in [3.8, 4) is 0 Å². The highest BCUT2D eigenvalue weighted by atomic mass is 32.2. The average Bonchev–Trinajstić information content (AvgIpc) is 2.32. The van der Waals surface area contributed by atoms with Crippen LogP contribution in [-0.4, -0.2) is 33.7 Å². The molecule has 0 spiro atoms. The van der Waals surface area contributed by atoms with Gasteiger partial charge < -0.3 is 11.1 Å². The summed E-state index contributed by atoms with van der Waals surface area (Å²) in [6, 6.07) is 7.13. The van der Waals surface area contributed by atoms with Crippen molar-refractivity contribution in [3.63, 3.8) is 0 Å². The molecule has 0 unspecified atom stereocenters. The maximum atomic E-state index is 11.2. The highest BCUT2D eigenvalue weighted by Gasteiger charge is 2.06. The Hall–Kier alpha value is -1.44. The van der Waals surface area contributed by atoms with Crippen LogP contribution in [0.4, 0.5) is 0 Å². The fourth-order valence-corrected chi connectivity index (χ4v) is 2.12. The zero-order valence-corrected chi connectivity index (χ0v) is 11.7. The summed E-state index contributed by atoms with van der Waals surface area (Å²) in [5.74, 6) is -0.448. The van der Waals surface area contributed by atoms with Gasteiger partial charge in [-0.25, -0.2) is 13.1 Å². The van der Waals surface area contributed by atoms with E-state index in [0.29, 0.717) is 31.6 Å². The lowest BCUT2D eigenvalue weighted by Gasteiger charge is -2.08. The molecular formula is C12H19N3O3S. The number of primary amides is 1. The molecule has 0 heterocycles. The molecule has 0 bridgehead atoms.